The van der Waals surface area contributed by atoms with Crippen LogP contribution in [0.2, 0.25) is 0 Å². The van der Waals surface area contributed by atoms with E-state index in [-0.39, 0.29) is 23.5 Å². The maximum Gasteiger partial charge on any atom is 0.332 e. The van der Waals surface area contributed by atoms with Crippen molar-refractivity contribution in [2.45, 2.75) is 19.8 Å². The van der Waals surface area contributed by atoms with Crippen molar-refractivity contribution >= 4 is 11.9 Å². The van der Waals surface area contributed by atoms with Gasteiger partial charge in [0.05, 0.1) is 11.1 Å². The van der Waals surface area contributed by atoms with Crippen LogP contribution in [0.25, 0.3) is 0 Å². The molecule has 14 heavy (non-hydrogen) atoms. The summed E-state index contributed by atoms with van der Waals surface area (Å²) in [5.41, 5.74) is 0.0364. The van der Waals surface area contributed by atoms with Crippen molar-refractivity contribution in [1.82, 2.24) is 0 Å². The lowest BCUT2D eigenvalue weighted by Gasteiger charge is -2.18. The third-order valence-corrected chi connectivity index (χ3v) is 2.31. The summed E-state index contributed by atoms with van der Waals surface area (Å²) >= 11 is 0. The van der Waals surface area contributed by atoms with Gasteiger partial charge >= 0.3 is 11.9 Å². The van der Waals surface area contributed by atoms with Crippen LogP contribution in [-0.2, 0) is 9.59 Å². The average Bonchev–Trinajstić information content (AvgIpc) is 2.16. The van der Waals surface area contributed by atoms with Gasteiger partial charge in [-0.1, -0.05) is 19.1 Å². The molecule has 4 heteroatoms. The molecule has 76 valence electrons. The first kappa shape index (κ1) is 10.5. The molecule has 4 nitrogen and oxygen atoms in total. The van der Waals surface area contributed by atoms with Gasteiger partial charge in [0.25, 0.3) is 0 Å². The van der Waals surface area contributed by atoms with Crippen molar-refractivity contribution in [1.29, 1.82) is 0 Å². The van der Waals surface area contributed by atoms with E-state index in [1.165, 1.54) is 0 Å². The van der Waals surface area contributed by atoms with E-state index in [0.29, 0.717) is 6.42 Å². The van der Waals surface area contributed by atoms with E-state index in [9.17, 15) is 9.59 Å². The van der Waals surface area contributed by atoms with E-state index >= 15 is 0 Å². The van der Waals surface area contributed by atoms with Gasteiger partial charge in [0.1, 0.15) is 0 Å². The van der Waals surface area contributed by atoms with Crippen molar-refractivity contribution < 1.29 is 19.8 Å². The van der Waals surface area contributed by atoms with Gasteiger partial charge in [-0.15, -0.1) is 0 Å². The summed E-state index contributed by atoms with van der Waals surface area (Å²) in [5.74, 6) is -2.53. The van der Waals surface area contributed by atoms with Gasteiger partial charge in [0.2, 0.25) is 0 Å². The number of allylic oxidation sites excluding steroid dienone is 2. The summed E-state index contributed by atoms with van der Waals surface area (Å²) < 4.78 is 0. The SMILES string of the molecule is CCC1C=CCC(C(=O)O)=C1C(=O)O. The number of aliphatic carboxylic acids is 2. The minimum Gasteiger partial charge on any atom is -0.478 e. The maximum absolute atomic E-state index is 10.9. The molecule has 1 aliphatic carbocycles. The molecule has 1 aliphatic rings. The van der Waals surface area contributed by atoms with E-state index in [0.717, 1.165) is 0 Å². The standard InChI is InChI=1S/C10H12O4/c1-2-6-4-3-5-7(9(11)12)8(6)10(13)14/h3-4,6H,2,5H2,1H3,(H,11,12)(H,13,14). The Morgan fingerprint density at radius 2 is 2.07 bits per heavy atom. The Hall–Kier alpha value is -1.58. The van der Waals surface area contributed by atoms with E-state index in [1.807, 2.05) is 6.92 Å². The Morgan fingerprint density at radius 3 is 2.50 bits per heavy atom. The lowest BCUT2D eigenvalue weighted by Crippen LogP contribution is -2.19. The first-order valence-electron chi connectivity index (χ1n) is 4.44. The molecule has 2 N–H and O–H groups in total. The Morgan fingerprint density at radius 1 is 1.43 bits per heavy atom. The molecule has 1 unspecified atom stereocenters. The first-order valence-corrected chi connectivity index (χ1v) is 4.44. The number of carboxylic acids is 2. The molecule has 0 aromatic heterocycles. The van der Waals surface area contributed by atoms with E-state index in [2.05, 4.69) is 0 Å². The van der Waals surface area contributed by atoms with Crippen molar-refractivity contribution in [2.75, 3.05) is 0 Å². The lowest BCUT2D eigenvalue weighted by atomic mass is 9.86. The Kier molecular flexibility index (Phi) is 3.06. The normalized spacial score (nSPS) is 21.1. The summed E-state index contributed by atoms with van der Waals surface area (Å²) in [6.45, 7) is 1.84. The third kappa shape index (κ3) is 1.84. The number of rotatable bonds is 3. The van der Waals surface area contributed by atoms with E-state index in [1.54, 1.807) is 12.2 Å². The van der Waals surface area contributed by atoms with Crippen LogP contribution >= 0.6 is 0 Å². The summed E-state index contributed by atoms with van der Waals surface area (Å²) in [6.07, 6.45) is 4.28. The van der Waals surface area contributed by atoms with Crippen LogP contribution < -0.4 is 0 Å². The minimum atomic E-state index is -1.13. The van der Waals surface area contributed by atoms with Crippen LogP contribution in [0.15, 0.2) is 23.3 Å². The number of carbonyl (C=O) groups is 2. The molecule has 0 bridgehead atoms. The Labute approximate surface area is 81.6 Å². The summed E-state index contributed by atoms with van der Waals surface area (Å²) in [6, 6.07) is 0. The van der Waals surface area contributed by atoms with Crippen LogP contribution in [0.1, 0.15) is 19.8 Å². The van der Waals surface area contributed by atoms with Gasteiger partial charge in [-0.05, 0) is 12.8 Å². The summed E-state index contributed by atoms with van der Waals surface area (Å²) in [7, 11) is 0. The zero-order chi connectivity index (χ0) is 10.7. The molecule has 1 rings (SSSR count). The van der Waals surface area contributed by atoms with E-state index < -0.39 is 11.9 Å². The molecular weight excluding hydrogens is 184 g/mol. The average molecular weight is 196 g/mol. The fourth-order valence-electron chi connectivity index (χ4n) is 1.61. The predicted molar refractivity (Wildman–Crippen MR) is 49.8 cm³/mol. The van der Waals surface area contributed by atoms with Gasteiger partial charge < -0.3 is 10.2 Å². The second-order valence-electron chi connectivity index (χ2n) is 3.15. The summed E-state index contributed by atoms with van der Waals surface area (Å²) in [5, 5.41) is 17.7. The van der Waals surface area contributed by atoms with Crippen LogP contribution in [0.4, 0.5) is 0 Å². The van der Waals surface area contributed by atoms with Gasteiger partial charge in [0, 0.05) is 5.92 Å². The maximum atomic E-state index is 10.9. The fourth-order valence-corrected chi connectivity index (χ4v) is 1.61. The molecule has 0 saturated heterocycles. The van der Waals surface area contributed by atoms with Crippen molar-refractivity contribution in [3.63, 3.8) is 0 Å². The highest BCUT2D eigenvalue weighted by Crippen LogP contribution is 2.27. The second-order valence-corrected chi connectivity index (χ2v) is 3.15. The lowest BCUT2D eigenvalue weighted by molar-refractivity contribution is -0.136. The fraction of sp³-hybridized carbons (Fsp3) is 0.400. The van der Waals surface area contributed by atoms with Gasteiger partial charge in [-0.3, -0.25) is 0 Å². The number of carboxylic acid groups (broad SMARTS) is 2. The summed E-state index contributed by atoms with van der Waals surface area (Å²) in [4.78, 5) is 21.7. The monoisotopic (exact) mass is 196 g/mol. The molecule has 0 fully saturated rings. The van der Waals surface area contributed by atoms with Crippen molar-refractivity contribution in [2.24, 2.45) is 5.92 Å². The number of hydrogen-bond donors (Lipinski definition) is 2. The third-order valence-electron chi connectivity index (χ3n) is 2.31. The molecule has 0 aromatic carbocycles. The van der Waals surface area contributed by atoms with Crippen LogP contribution in [0.5, 0.6) is 0 Å². The van der Waals surface area contributed by atoms with Crippen LogP contribution in [-0.4, -0.2) is 22.2 Å². The highest BCUT2D eigenvalue weighted by Gasteiger charge is 2.27. The molecule has 0 radical (unpaired) electrons. The molecule has 0 amide bonds. The smallest absolute Gasteiger partial charge is 0.332 e. The van der Waals surface area contributed by atoms with Crippen LogP contribution in [0.3, 0.4) is 0 Å². The molecule has 0 saturated carbocycles. The largest absolute Gasteiger partial charge is 0.478 e. The van der Waals surface area contributed by atoms with E-state index in [4.69, 9.17) is 10.2 Å². The van der Waals surface area contributed by atoms with Gasteiger partial charge in [0.15, 0.2) is 0 Å². The zero-order valence-electron chi connectivity index (χ0n) is 7.86. The minimum absolute atomic E-state index is 0.00634. The molecule has 0 spiro atoms. The van der Waals surface area contributed by atoms with Crippen molar-refractivity contribution in [3.8, 4) is 0 Å². The predicted octanol–water partition coefficient (Wildman–Crippen LogP) is 1.44. The molecule has 0 aliphatic heterocycles. The van der Waals surface area contributed by atoms with Crippen molar-refractivity contribution in [3.05, 3.63) is 23.3 Å². The van der Waals surface area contributed by atoms with Gasteiger partial charge in [-0.25, -0.2) is 9.59 Å². The highest BCUT2D eigenvalue weighted by molar-refractivity contribution is 6.00. The molecule has 1 atom stereocenters. The quantitative estimate of drug-likeness (QED) is 0.670. The number of hydrogen-bond acceptors (Lipinski definition) is 2. The Bertz CT molecular complexity index is 325. The molecular formula is C10H12O4. The van der Waals surface area contributed by atoms with Crippen LogP contribution in [0, 0.1) is 5.92 Å². The second kappa shape index (κ2) is 4.09. The Balaban J connectivity index is 3.15. The first-order chi connectivity index (χ1) is 6.57. The molecule has 0 aromatic rings. The zero-order valence-corrected chi connectivity index (χ0v) is 7.86. The van der Waals surface area contributed by atoms with Gasteiger partial charge in [-0.2, -0.15) is 0 Å². The highest BCUT2D eigenvalue weighted by atomic mass is 16.4. The molecule has 0 heterocycles. The topological polar surface area (TPSA) is 74.6 Å².